The summed E-state index contributed by atoms with van der Waals surface area (Å²) in [5, 5.41) is 17.4. The zero-order valence-electron chi connectivity index (χ0n) is 5.21. The standard InChI is InChI=1S/C7H7FO2.CH4/c8-6-3-1-2-5(4-9)7(6)10;/h1-3,9-10H,4H2;1H4. The van der Waals surface area contributed by atoms with E-state index in [9.17, 15) is 4.39 Å². The molecule has 3 heteroatoms. The highest BCUT2D eigenvalue weighted by Crippen LogP contribution is 2.19. The molecule has 0 radical (unpaired) electrons. The lowest BCUT2D eigenvalue weighted by atomic mass is 10.2. The summed E-state index contributed by atoms with van der Waals surface area (Å²) in [6.45, 7) is -0.344. The normalized spacial score (nSPS) is 8.91. The molecule has 1 rings (SSSR count). The lowest BCUT2D eigenvalue weighted by molar-refractivity contribution is 0.273. The first-order chi connectivity index (χ1) is 4.75. The van der Waals surface area contributed by atoms with E-state index >= 15 is 0 Å². The first-order valence-corrected chi connectivity index (χ1v) is 2.83. The fraction of sp³-hybridized carbons (Fsp3) is 0.250. The molecule has 0 aliphatic heterocycles. The highest BCUT2D eigenvalue weighted by molar-refractivity contribution is 5.32. The number of halogens is 1. The smallest absolute Gasteiger partial charge is 0.165 e. The molecule has 2 N–H and O–H groups in total. The number of aromatic hydroxyl groups is 1. The summed E-state index contributed by atoms with van der Waals surface area (Å²) >= 11 is 0. The summed E-state index contributed by atoms with van der Waals surface area (Å²) in [6, 6.07) is 4.02. The maximum absolute atomic E-state index is 12.4. The molecule has 0 amide bonds. The summed E-state index contributed by atoms with van der Waals surface area (Å²) in [7, 11) is 0. The predicted octanol–water partition coefficient (Wildman–Crippen LogP) is 1.66. The third-order valence-electron chi connectivity index (χ3n) is 1.24. The van der Waals surface area contributed by atoms with Crippen molar-refractivity contribution in [3.05, 3.63) is 29.6 Å². The van der Waals surface area contributed by atoms with E-state index < -0.39 is 11.6 Å². The van der Waals surface area contributed by atoms with Gasteiger partial charge in [0.1, 0.15) is 0 Å². The molecular formula is C8H11FO2. The van der Waals surface area contributed by atoms with Crippen molar-refractivity contribution >= 4 is 0 Å². The fourth-order valence-electron chi connectivity index (χ4n) is 0.688. The van der Waals surface area contributed by atoms with Crippen LogP contribution in [0.15, 0.2) is 18.2 Å². The zero-order chi connectivity index (χ0) is 7.56. The van der Waals surface area contributed by atoms with Crippen LogP contribution < -0.4 is 0 Å². The van der Waals surface area contributed by atoms with Crippen molar-refractivity contribution in [3.63, 3.8) is 0 Å². The second kappa shape index (κ2) is 3.93. The van der Waals surface area contributed by atoms with Gasteiger partial charge in [0, 0.05) is 5.56 Å². The van der Waals surface area contributed by atoms with E-state index in [2.05, 4.69) is 0 Å². The van der Waals surface area contributed by atoms with Crippen LogP contribution >= 0.6 is 0 Å². The minimum atomic E-state index is -0.702. The molecule has 0 bridgehead atoms. The molecule has 11 heavy (non-hydrogen) atoms. The topological polar surface area (TPSA) is 40.5 Å². The van der Waals surface area contributed by atoms with E-state index in [1.165, 1.54) is 12.1 Å². The lowest BCUT2D eigenvalue weighted by Crippen LogP contribution is -1.85. The average Bonchev–Trinajstić information content (AvgIpc) is 1.95. The van der Waals surface area contributed by atoms with Crippen LogP contribution in [0.1, 0.15) is 13.0 Å². The van der Waals surface area contributed by atoms with Crippen molar-refractivity contribution in [1.82, 2.24) is 0 Å². The molecule has 0 atom stereocenters. The molecule has 62 valence electrons. The largest absolute Gasteiger partial charge is 0.505 e. The highest BCUT2D eigenvalue weighted by atomic mass is 19.1. The van der Waals surface area contributed by atoms with Gasteiger partial charge in [-0.3, -0.25) is 0 Å². The molecule has 0 fully saturated rings. The Bertz CT molecular complexity index is 236. The van der Waals surface area contributed by atoms with Crippen LogP contribution in [0.5, 0.6) is 5.75 Å². The Hall–Kier alpha value is -1.09. The average molecular weight is 158 g/mol. The Morgan fingerprint density at radius 1 is 1.36 bits per heavy atom. The number of hydrogen-bond donors (Lipinski definition) is 2. The Kier molecular flexibility index (Phi) is 3.54. The first-order valence-electron chi connectivity index (χ1n) is 2.83. The second-order valence-corrected chi connectivity index (χ2v) is 1.91. The van der Waals surface area contributed by atoms with Crippen LogP contribution in [-0.2, 0) is 6.61 Å². The minimum Gasteiger partial charge on any atom is -0.505 e. The molecule has 0 aromatic heterocycles. The lowest BCUT2D eigenvalue weighted by Gasteiger charge is -1.99. The SMILES string of the molecule is C.OCc1cccc(F)c1O. The number of hydrogen-bond acceptors (Lipinski definition) is 2. The summed E-state index contributed by atoms with van der Waals surface area (Å²) in [5.74, 6) is -1.17. The van der Waals surface area contributed by atoms with Gasteiger partial charge in [0.2, 0.25) is 0 Å². The quantitative estimate of drug-likeness (QED) is 0.652. The molecule has 0 unspecified atom stereocenters. The third kappa shape index (κ3) is 1.91. The van der Waals surface area contributed by atoms with Crippen molar-refractivity contribution in [1.29, 1.82) is 0 Å². The van der Waals surface area contributed by atoms with Gasteiger partial charge in [-0.25, -0.2) is 4.39 Å². The molecule has 0 spiro atoms. The Morgan fingerprint density at radius 2 is 2.00 bits per heavy atom. The van der Waals surface area contributed by atoms with E-state index in [1.807, 2.05) is 0 Å². The number of aliphatic hydroxyl groups excluding tert-OH is 1. The molecule has 0 heterocycles. The van der Waals surface area contributed by atoms with Crippen molar-refractivity contribution in [3.8, 4) is 5.75 Å². The van der Waals surface area contributed by atoms with Crippen LogP contribution in [0.4, 0.5) is 4.39 Å². The molecule has 2 nitrogen and oxygen atoms in total. The van der Waals surface area contributed by atoms with Gasteiger partial charge in [0.15, 0.2) is 11.6 Å². The van der Waals surface area contributed by atoms with E-state index in [-0.39, 0.29) is 19.6 Å². The molecule has 1 aromatic carbocycles. The highest BCUT2D eigenvalue weighted by Gasteiger charge is 2.03. The van der Waals surface area contributed by atoms with Crippen molar-refractivity contribution in [2.24, 2.45) is 0 Å². The van der Waals surface area contributed by atoms with Crippen LogP contribution in [0.25, 0.3) is 0 Å². The van der Waals surface area contributed by atoms with Crippen LogP contribution in [0, 0.1) is 5.82 Å². The summed E-state index contributed by atoms with van der Waals surface area (Å²) in [5.41, 5.74) is 0.208. The number of aliphatic hydroxyl groups is 1. The third-order valence-corrected chi connectivity index (χ3v) is 1.24. The summed E-state index contributed by atoms with van der Waals surface area (Å²) in [4.78, 5) is 0. The van der Waals surface area contributed by atoms with Gasteiger partial charge >= 0.3 is 0 Å². The minimum absolute atomic E-state index is 0. The number of benzene rings is 1. The van der Waals surface area contributed by atoms with Gasteiger partial charge < -0.3 is 10.2 Å². The molecule has 0 saturated heterocycles. The van der Waals surface area contributed by atoms with Crippen LogP contribution in [0.3, 0.4) is 0 Å². The van der Waals surface area contributed by atoms with Crippen molar-refractivity contribution < 1.29 is 14.6 Å². The maximum Gasteiger partial charge on any atom is 0.165 e. The summed E-state index contributed by atoms with van der Waals surface area (Å²) < 4.78 is 12.4. The van der Waals surface area contributed by atoms with Gasteiger partial charge in [-0.1, -0.05) is 19.6 Å². The Morgan fingerprint density at radius 3 is 2.45 bits per heavy atom. The molecular weight excluding hydrogens is 147 g/mol. The van der Waals surface area contributed by atoms with Crippen molar-refractivity contribution in [2.45, 2.75) is 14.0 Å². The maximum atomic E-state index is 12.4. The molecule has 0 saturated carbocycles. The van der Waals surface area contributed by atoms with Gasteiger partial charge in [0.05, 0.1) is 6.61 Å². The van der Waals surface area contributed by atoms with Crippen LogP contribution in [-0.4, -0.2) is 10.2 Å². The van der Waals surface area contributed by atoms with E-state index in [0.29, 0.717) is 0 Å². The Labute approximate surface area is 64.9 Å². The number of para-hydroxylation sites is 1. The zero-order valence-corrected chi connectivity index (χ0v) is 5.21. The van der Waals surface area contributed by atoms with E-state index in [0.717, 1.165) is 6.07 Å². The first kappa shape index (κ1) is 9.91. The van der Waals surface area contributed by atoms with Gasteiger partial charge in [-0.15, -0.1) is 0 Å². The van der Waals surface area contributed by atoms with Gasteiger partial charge in [-0.2, -0.15) is 0 Å². The number of rotatable bonds is 1. The molecule has 1 aromatic rings. The number of phenols is 1. The van der Waals surface area contributed by atoms with Crippen LogP contribution in [0.2, 0.25) is 0 Å². The van der Waals surface area contributed by atoms with Gasteiger partial charge in [0.25, 0.3) is 0 Å². The molecule has 0 aliphatic rings. The predicted molar refractivity (Wildman–Crippen MR) is 40.7 cm³/mol. The van der Waals surface area contributed by atoms with Crippen molar-refractivity contribution in [2.75, 3.05) is 0 Å². The van der Waals surface area contributed by atoms with E-state index in [4.69, 9.17) is 10.2 Å². The van der Waals surface area contributed by atoms with Gasteiger partial charge in [-0.05, 0) is 6.07 Å². The van der Waals surface area contributed by atoms with E-state index in [1.54, 1.807) is 0 Å². The fourth-order valence-corrected chi connectivity index (χ4v) is 0.688. The molecule has 0 aliphatic carbocycles. The Balaban J connectivity index is 0.000001000. The second-order valence-electron chi connectivity index (χ2n) is 1.91. The summed E-state index contributed by atoms with van der Waals surface area (Å²) in [6.07, 6.45) is 0. The monoisotopic (exact) mass is 158 g/mol.